The quantitative estimate of drug-likeness (QED) is 0.143. The zero-order valence-corrected chi connectivity index (χ0v) is 27.4. The lowest BCUT2D eigenvalue weighted by molar-refractivity contribution is -0.124. The van der Waals surface area contributed by atoms with Gasteiger partial charge in [-0.2, -0.15) is 0 Å². The summed E-state index contributed by atoms with van der Waals surface area (Å²) >= 11 is 0. The number of Topliss-reactive ketones (excluding diaryl/α,β-unsaturated/α-hetero) is 1. The molecule has 1 aromatic carbocycles. The number of aromatic amines is 1. The van der Waals surface area contributed by atoms with Crippen LogP contribution in [0.3, 0.4) is 0 Å². The fraction of sp³-hybridized carbons (Fsp3) is 0.361. The summed E-state index contributed by atoms with van der Waals surface area (Å²) < 4.78 is 9.73. The number of carbonyl (C=O) groups is 2. The van der Waals surface area contributed by atoms with Gasteiger partial charge in [-0.15, -0.1) is 0 Å². The molecule has 0 bridgehead atoms. The fourth-order valence-electron chi connectivity index (χ4n) is 4.50. The maximum Gasteiger partial charge on any atom is 0.439 e. The van der Waals surface area contributed by atoms with Gasteiger partial charge in [-0.3, -0.25) is 29.0 Å². The second kappa shape index (κ2) is 19.5. The molecule has 1 aliphatic carbocycles. The van der Waals surface area contributed by atoms with E-state index in [0.717, 1.165) is 71.5 Å². The van der Waals surface area contributed by atoms with E-state index in [1.54, 1.807) is 32.1 Å². The first-order chi connectivity index (χ1) is 21.7. The number of amidine groups is 1. The summed E-state index contributed by atoms with van der Waals surface area (Å²) in [5.41, 5.74) is 4.33. The van der Waals surface area contributed by atoms with Crippen LogP contribution in [0.2, 0.25) is 0 Å². The number of aliphatic imine (C=N–C) groups is 1. The van der Waals surface area contributed by atoms with Gasteiger partial charge in [0.1, 0.15) is 11.6 Å². The molecule has 0 spiro atoms. The first kappa shape index (κ1) is 36.4. The molecule has 9 heteroatoms. The van der Waals surface area contributed by atoms with E-state index in [2.05, 4.69) is 33.2 Å². The van der Waals surface area contributed by atoms with Crippen LogP contribution in [0.25, 0.3) is 17.0 Å². The number of amides is 1. The van der Waals surface area contributed by atoms with Crippen molar-refractivity contribution in [2.75, 3.05) is 20.7 Å². The zero-order valence-electron chi connectivity index (χ0n) is 27.4. The van der Waals surface area contributed by atoms with E-state index in [1.807, 2.05) is 74.6 Å². The molecular weight excluding hydrogens is 568 g/mol. The lowest BCUT2D eigenvalue weighted by Crippen LogP contribution is -2.36. The first-order valence-electron chi connectivity index (χ1n) is 15.2. The summed E-state index contributed by atoms with van der Waals surface area (Å²) in [6.45, 7) is 11.9. The highest BCUT2D eigenvalue weighted by Gasteiger charge is 2.16. The van der Waals surface area contributed by atoms with Crippen molar-refractivity contribution in [3.05, 3.63) is 106 Å². The van der Waals surface area contributed by atoms with Crippen molar-refractivity contribution >= 4 is 23.1 Å². The van der Waals surface area contributed by atoms with Crippen LogP contribution in [0.4, 0.5) is 0 Å². The summed E-state index contributed by atoms with van der Waals surface area (Å²) in [5.74, 6) is 1.55. The molecule has 1 aromatic heterocycles. The van der Waals surface area contributed by atoms with E-state index >= 15 is 0 Å². The number of methoxy groups -OCH3 is 1. The van der Waals surface area contributed by atoms with Crippen LogP contribution < -0.4 is 5.76 Å². The van der Waals surface area contributed by atoms with Crippen molar-refractivity contribution in [3.8, 4) is 11.4 Å². The van der Waals surface area contributed by atoms with Crippen LogP contribution in [-0.4, -0.2) is 53.3 Å². The molecule has 0 unspecified atom stereocenters. The molecule has 0 aliphatic heterocycles. The summed E-state index contributed by atoms with van der Waals surface area (Å²) in [6, 6.07) is 7.61. The lowest BCUT2D eigenvalue weighted by atomic mass is 9.99. The minimum Gasteiger partial charge on any atom is -0.497 e. The molecule has 0 atom stereocenters. The third-order valence-electron chi connectivity index (χ3n) is 7.02. The second-order valence-corrected chi connectivity index (χ2v) is 10.3. The van der Waals surface area contributed by atoms with E-state index < -0.39 is 5.76 Å². The molecule has 1 aliphatic rings. The molecule has 0 saturated heterocycles. The Morgan fingerprint density at radius 2 is 1.87 bits per heavy atom. The van der Waals surface area contributed by atoms with Gasteiger partial charge in [-0.25, -0.2) is 4.79 Å². The molecular formula is C36H46N4O5. The number of hydrogen-bond acceptors (Lipinski definition) is 7. The highest BCUT2D eigenvalue weighted by molar-refractivity contribution is 5.98. The normalized spacial score (nSPS) is 13.6. The van der Waals surface area contributed by atoms with Crippen LogP contribution in [-0.2, 0) is 14.3 Å². The van der Waals surface area contributed by atoms with E-state index in [-0.39, 0.29) is 11.7 Å². The van der Waals surface area contributed by atoms with Gasteiger partial charge in [0.25, 0.3) is 0 Å². The van der Waals surface area contributed by atoms with Crippen LogP contribution in [0.15, 0.2) is 105 Å². The van der Waals surface area contributed by atoms with Crippen LogP contribution >= 0.6 is 0 Å². The number of H-pyrrole nitrogens is 1. The van der Waals surface area contributed by atoms with Crippen molar-refractivity contribution in [2.24, 2.45) is 4.99 Å². The van der Waals surface area contributed by atoms with Gasteiger partial charge in [0, 0.05) is 37.9 Å². The molecule has 0 radical (unpaired) electrons. The number of benzene rings is 1. The van der Waals surface area contributed by atoms with Gasteiger partial charge < -0.3 is 4.74 Å². The van der Waals surface area contributed by atoms with E-state index in [9.17, 15) is 14.4 Å². The molecule has 0 fully saturated rings. The molecule has 0 saturated carbocycles. The van der Waals surface area contributed by atoms with Gasteiger partial charge in [0.15, 0.2) is 11.6 Å². The first-order valence-corrected chi connectivity index (χ1v) is 15.2. The Kier molecular flexibility index (Phi) is 15.8. The smallest absolute Gasteiger partial charge is 0.439 e. The minimum absolute atomic E-state index is 0.0505. The monoisotopic (exact) mass is 614 g/mol. The SMILES string of the molecule is C=C/C(=C\C=C(/C)c1ccccc1-c1noc(=O)[nH]1)CN(C(C)=O)C(CCCC)=NC.CCCC(=O)C1=CCC=C(OC)C=C1. The van der Waals surface area contributed by atoms with Crippen molar-refractivity contribution in [3.63, 3.8) is 0 Å². The topological polar surface area (TPSA) is 118 Å². The third-order valence-corrected chi connectivity index (χ3v) is 7.02. The number of rotatable bonds is 13. The minimum atomic E-state index is -0.596. The molecule has 45 heavy (non-hydrogen) atoms. The molecule has 240 valence electrons. The van der Waals surface area contributed by atoms with Gasteiger partial charge >= 0.3 is 5.76 Å². The molecule has 9 nitrogen and oxygen atoms in total. The van der Waals surface area contributed by atoms with Crippen LogP contribution in [0.1, 0.15) is 71.8 Å². The van der Waals surface area contributed by atoms with Crippen molar-refractivity contribution < 1.29 is 18.8 Å². The van der Waals surface area contributed by atoms with Gasteiger partial charge in [-0.05, 0) is 61.1 Å². The Labute approximate surface area is 266 Å². The number of ketones is 1. The largest absolute Gasteiger partial charge is 0.497 e. The Morgan fingerprint density at radius 1 is 1.11 bits per heavy atom. The van der Waals surface area contributed by atoms with Crippen molar-refractivity contribution in [2.45, 2.75) is 66.2 Å². The maximum atomic E-state index is 12.2. The van der Waals surface area contributed by atoms with Crippen LogP contribution in [0.5, 0.6) is 0 Å². The number of hydrogen-bond donors (Lipinski definition) is 1. The summed E-state index contributed by atoms with van der Waals surface area (Å²) in [5, 5.41) is 3.79. The molecule has 1 heterocycles. The fourth-order valence-corrected chi connectivity index (χ4v) is 4.50. The second-order valence-electron chi connectivity index (χ2n) is 10.3. The number of unbranched alkanes of at least 4 members (excludes halogenated alkanes) is 1. The molecule has 1 amide bonds. The van der Waals surface area contributed by atoms with Gasteiger partial charge in [0.2, 0.25) is 5.91 Å². The molecule has 1 N–H and O–H groups in total. The predicted molar refractivity (Wildman–Crippen MR) is 182 cm³/mol. The van der Waals surface area contributed by atoms with Crippen molar-refractivity contribution in [1.82, 2.24) is 15.0 Å². The molecule has 2 aromatic rings. The Morgan fingerprint density at radius 3 is 2.47 bits per heavy atom. The number of ether oxygens (including phenoxy) is 1. The highest BCUT2D eigenvalue weighted by atomic mass is 16.5. The number of nitrogens with zero attached hydrogens (tertiary/aromatic N) is 3. The zero-order chi connectivity index (χ0) is 33.2. The standard InChI is InChI=1S/C24H30N4O3.C12H16O2/c1-6-8-13-22(25-5)28(18(4)29)16-19(7-2)15-14-17(3)20-11-9-10-12-21(20)23-26-24(30)31-27-23;1-3-5-12(13)10-6-4-7-11(14-2)9-8-10/h7,9-12,14-15H,2,6,8,13,16H2,1,3-5H3,(H,26,27,30);6-9H,3-5H2,1-2H3/b17-14+,19-15+,25-22?;. The number of carbonyl (C=O) groups excluding carboxylic acids is 2. The third kappa shape index (κ3) is 11.7. The van der Waals surface area contributed by atoms with Gasteiger partial charge in [0.05, 0.1) is 13.7 Å². The summed E-state index contributed by atoms with van der Waals surface area (Å²) in [4.78, 5) is 43.8. The molecule has 3 rings (SSSR count). The Hall–Kier alpha value is -4.79. The van der Waals surface area contributed by atoms with E-state index in [0.29, 0.717) is 18.8 Å². The van der Waals surface area contributed by atoms with Crippen molar-refractivity contribution in [1.29, 1.82) is 0 Å². The number of nitrogens with one attached hydrogen (secondary N) is 1. The highest BCUT2D eigenvalue weighted by Crippen LogP contribution is 2.26. The summed E-state index contributed by atoms with van der Waals surface area (Å²) in [7, 11) is 3.35. The predicted octanol–water partition coefficient (Wildman–Crippen LogP) is 7.38. The lowest BCUT2D eigenvalue weighted by Gasteiger charge is -2.23. The van der Waals surface area contributed by atoms with E-state index in [1.165, 1.54) is 0 Å². The van der Waals surface area contributed by atoms with E-state index in [4.69, 9.17) is 4.74 Å². The average molecular weight is 615 g/mol. The Balaban J connectivity index is 0.000000420. The number of allylic oxidation sites excluding steroid dienone is 8. The van der Waals surface area contributed by atoms with Crippen LogP contribution in [0, 0.1) is 0 Å². The number of aromatic nitrogens is 2. The van der Waals surface area contributed by atoms with Gasteiger partial charge in [-0.1, -0.05) is 80.6 Å². The Bertz CT molecular complexity index is 1550. The summed E-state index contributed by atoms with van der Waals surface area (Å²) in [6.07, 6.45) is 18.3. The maximum absolute atomic E-state index is 12.2. The average Bonchev–Trinajstić information content (AvgIpc) is 3.33.